The van der Waals surface area contributed by atoms with Gasteiger partial charge in [-0.05, 0) is 41.1 Å². The monoisotopic (exact) mass is 362 g/mol. The van der Waals surface area contributed by atoms with Crippen LogP contribution in [0.4, 0.5) is 0 Å². The Morgan fingerprint density at radius 3 is 2.57 bits per heavy atom. The summed E-state index contributed by atoms with van der Waals surface area (Å²) < 4.78 is 6.41. The first-order chi connectivity index (χ1) is 10.2. The Bertz CT molecular complexity index is 807. The Hall–Kier alpha value is -1.65. The van der Waals surface area contributed by atoms with E-state index in [-0.39, 0.29) is 0 Å². The van der Waals surface area contributed by atoms with Gasteiger partial charge in [0, 0.05) is 20.8 Å². The Morgan fingerprint density at radius 1 is 1.10 bits per heavy atom. The van der Waals surface area contributed by atoms with Crippen LogP contribution < -0.4 is 4.74 Å². The second kappa shape index (κ2) is 6.00. The predicted octanol–water partition coefficient (Wildman–Crippen LogP) is 5.11. The molecule has 2 aromatic carbocycles. The maximum absolute atomic E-state index is 6.12. The maximum atomic E-state index is 6.12. The molecule has 0 spiro atoms. The molecule has 0 saturated heterocycles. The number of nitrogens with zero attached hydrogens (tertiary/aromatic N) is 2. The van der Waals surface area contributed by atoms with E-state index in [2.05, 4.69) is 26.1 Å². The van der Waals surface area contributed by atoms with Crippen LogP contribution in [0.25, 0.3) is 22.0 Å². The average Bonchev–Trinajstić information content (AvgIpc) is 2.49. The lowest BCUT2D eigenvalue weighted by Gasteiger charge is -2.10. The van der Waals surface area contributed by atoms with Gasteiger partial charge >= 0.3 is 0 Å². The first kappa shape index (κ1) is 14.3. The molecule has 0 fully saturated rings. The highest BCUT2D eigenvalue weighted by Gasteiger charge is 2.12. The minimum absolute atomic E-state index is 0.413. The van der Waals surface area contributed by atoms with Crippen LogP contribution in [0, 0.1) is 0 Å². The number of halogens is 2. The Balaban J connectivity index is 2.19. The lowest BCUT2D eigenvalue weighted by atomic mass is 10.1. The van der Waals surface area contributed by atoms with Gasteiger partial charge in [0.05, 0.1) is 6.61 Å². The largest absolute Gasteiger partial charge is 0.494 e. The number of hydrogen-bond donors (Lipinski definition) is 0. The molecule has 0 unspecified atom stereocenters. The van der Waals surface area contributed by atoms with Gasteiger partial charge in [-0.3, -0.25) is 0 Å². The minimum Gasteiger partial charge on any atom is -0.494 e. The summed E-state index contributed by atoms with van der Waals surface area (Å²) in [6.07, 6.45) is 0. The zero-order chi connectivity index (χ0) is 14.8. The first-order valence-electron chi connectivity index (χ1n) is 6.54. The van der Waals surface area contributed by atoms with E-state index in [0.29, 0.717) is 11.8 Å². The molecule has 21 heavy (non-hydrogen) atoms. The summed E-state index contributed by atoms with van der Waals surface area (Å²) in [4.78, 5) is 0. The van der Waals surface area contributed by atoms with E-state index in [1.165, 1.54) is 0 Å². The summed E-state index contributed by atoms with van der Waals surface area (Å²) in [5, 5.41) is 10.6. The van der Waals surface area contributed by atoms with E-state index < -0.39 is 0 Å². The van der Waals surface area contributed by atoms with E-state index in [4.69, 9.17) is 16.3 Å². The third-order valence-electron chi connectivity index (χ3n) is 3.15. The van der Waals surface area contributed by atoms with Crippen molar-refractivity contribution in [1.82, 2.24) is 10.2 Å². The van der Waals surface area contributed by atoms with Crippen molar-refractivity contribution >= 4 is 38.3 Å². The van der Waals surface area contributed by atoms with Crippen LogP contribution in [-0.2, 0) is 0 Å². The lowest BCUT2D eigenvalue weighted by molar-refractivity contribution is 0.340. The average molecular weight is 364 g/mol. The summed E-state index contributed by atoms with van der Waals surface area (Å²) in [6, 6.07) is 13.7. The smallest absolute Gasteiger partial charge is 0.159 e. The molecule has 3 nitrogen and oxygen atoms in total. The van der Waals surface area contributed by atoms with Crippen LogP contribution in [0.15, 0.2) is 46.9 Å². The molecular formula is C16H12BrClN2O. The quantitative estimate of drug-likeness (QED) is 0.648. The van der Waals surface area contributed by atoms with Crippen LogP contribution in [0.2, 0.25) is 5.15 Å². The predicted molar refractivity (Wildman–Crippen MR) is 88.9 cm³/mol. The van der Waals surface area contributed by atoms with Crippen molar-refractivity contribution in [1.29, 1.82) is 0 Å². The second-order valence-corrected chi connectivity index (χ2v) is 5.67. The first-order valence-corrected chi connectivity index (χ1v) is 7.71. The Labute approximate surface area is 136 Å². The molecule has 106 valence electrons. The molecule has 1 heterocycles. The van der Waals surface area contributed by atoms with Gasteiger partial charge in [0.15, 0.2) is 5.15 Å². The number of rotatable bonds is 3. The van der Waals surface area contributed by atoms with E-state index in [9.17, 15) is 0 Å². The molecule has 0 radical (unpaired) electrons. The number of hydrogen-bond acceptors (Lipinski definition) is 3. The van der Waals surface area contributed by atoms with E-state index >= 15 is 0 Å². The standard InChI is InChI=1S/C16H12BrClN2O/c1-2-21-10-7-8-13(14(17)9-10)15-11-5-3-4-6-12(11)16(18)20-19-15/h3-9H,2H2,1H3. The van der Waals surface area contributed by atoms with Gasteiger partial charge in [-0.15, -0.1) is 10.2 Å². The number of aromatic nitrogens is 2. The molecule has 0 saturated carbocycles. The lowest BCUT2D eigenvalue weighted by Crippen LogP contribution is -1.94. The van der Waals surface area contributed by atoms with Gasteiger partial charge in [-0.25, -0.2) is 0 Å². The summed E-state index contributed by atoms with van der Waals surface area (Å²) in [6.45, 7) is 2.59. The Kier molecular flexibility index (Phi) is 4.08. The highest BCUT2D eigenvalue weighted by atomic mass is 79.9. The van der Waals surface area contributed by atoms with Crippen molar-refractivity contribution in [2.24, 2.45) is 0 Å². The van der Waals surface area contributed by atoms with Crippen LogP contribution in [0.5, 0.6) is 5.75 Å². The van der Waals surface area contributed by atoms with E-state index in [1.54, 1.807) is 0 Å². The van der Waals surface area contributed by atoms with Crippen LogP contribution in [-0.4, -0.2) is 16.8 Å². The third kappa shape index (κ3) is 2.74. The summed E-state index contributed by atoms with van der Waals surface area (Å²) in [7, 11) is 0. The molecule has 0 N–H and O–H groups in total. The molecule has 0 bridgehead atoms. The topological polar surface area (TPSA) is 35.0 Å². The number of benzene rings is 2. The van der Waals surface area contributed by atoms with Gasteiger partial charge in [0.25, 0.3) is 0 Å². The normalized spacial score (nSPS) is 10.8. The zero-order valence-electron chi connectivity index (χ0n) is 11.3. The molecule has 0 aliphatic rings. The molecule has 3 aromatic rings. The van der Waals surface area contributed by atoms with Gasteiger partial charge in [-0.1, -0.05) is 35.9 Å². The molecule has 0 aliphatic heterocycles. The minimum atomic E-state index is 0.413. The van der Waals surface area contributed by atoms with E-state index in [0.717, 1.165) is 32.3 Å². The molecule has 0 aliphatic carbocycles. The van der Waals surface area contributed by atoms with Crippen molar-refractivity contribution in [2.45, 2.75) is 6.92 Å². The fraction of sp³-hybridized carbons (Fsp3) is 0.125. The van der Waals surface area contributed by atoms with Crippen LogP contribution in [0.1, 0.15) is 6.92 Å². The third-order valence-corrected chi connectivity index (χ3v) is 4.08. The SMILES string of the molecule is CCOc1ccc(-c2nnc(Cl)c3ccccc23)c(Br)c1. The maximum Gasteiger partial charge on any atom is 0.159 e. The molecular weight excluding hydrogens is 352 g/mol. The fourth-order valence-electron chi connectivity index (χ4n) is 2.21. The van der Waals surface area contributed by atoms with Gasteiger partial charge in [0.2, 0.25) is 0 Å². The van der Waals surface area contributed by atoms with Crippen molar-refractivity contribution in [3.8, 4) is 17.0 Å². The number of fused-ring (bicyclic) bond motifs is 1. The number of ether oxygens (including phenoxy) is 1. The Morgan fingerprint density at radius 2 is 1.86 bits per heavy atom. The van der Waals surface area contributed by atoms with Crippen molar-refractivity contribution < 1.29 is 4.74 Å². The van der Waals surface area contributed by atoms with Crippen LogP contribution >= 0.6 is 27.5 Å². The van der Waals surface area contributed by atoms with E-state index in [1.807, 2.05) is 49.4 Å². The van der Waals surface area contributed by atoms with Crippen molar-refractivity contribution in [2.75, 3.05) is 6.61 Å². The summed E-state index contributed by atoms with van der Waals surface area (Å²) in [5.41, 5.74) is 1.75. The highest BCUT2D eigenvalue weighted by Crippen LogP contribution is 2.35. The van der Waals surface area contributed by atoms with Crippen molar-refractivity contribution in [3.05, 3.63) is 52.1 Å². The molecule has 1 aromatic heterocycles. The van der Waals surface area contributed by atoms with Gasteiger partial charge in [0.1, 0.15) is 11.4 Å². The zero-order valence-corrected chi connectivity index (χ0v) is 13.6. The van der Waals surface area contributed by atoms with Gasteiger partial charge in [-0.2, -0.15) is 0 Å². The molecule has 0 amide bonds. The van der Waals surface area contributed by atoms with Crippen molar-refractivity contribution in [3.63, 3.8) is 0 Å². The highest BCUT2D eigenvalue weighted by molar-refractivity contribution is 9.10. The summed E-state index contributed by atoms with van der Waals surface area (Å²) >= 11 is 9.69. The second-order valence-electron chi connectivity index (χ2n) is 4.46. The molecule has 3 rings (SSSR count). The summed E-state index contributed by atoms with van der Waals surface area (Å²) in [5.74, 6) is 0.819. The van der Waals surface area contributed by atoms with Crippen LogP contribution in [0.3, 0.4) is 0 Å². The van der Waals surface area contributed by atoms with Gasteiger partial charge < -0.3 is 4.74 Å². The molecule has 0 atom stereocenters. The fourth-order valence-corrected chi connectivity index (χ4v) is 2.96. The molecule has 5 heteroatoms.